The van der Waals surface area contributed by atoms with Crippen LogP contribution in [0, 0.1) is 13.8 Å². The highest BCUT2D eigenvalue weighted by molar-refractivity contribution is 5.30. The van der Waals surface area contributed by atoms with Crippen LogP contribution in [0.1, 0.15) is 28.4 Å². The predicted octanol–water partition coefficient (Wildman–Crippen LogP) is 1.85. The Balaban J connectivity index is 2.23. The number of hydrazine groups is 1. The van der Waals surface area contributed by atoms with Crippen LogP contribution in [0.25, 0.3) is 0 Å². The first-order valence-corrected chi connectivity index (χ1v) is 6.51. The monoisotopic (exact) mass is 272 g/mol. The van der Waals surface area contributed by atoms with Gasteiger partial charge in [-0.1, -0.05) is 29.3 Å². The van der Waals surface area contributed by atoms with Crippen molar-refractivity contribution in [2.24, 2.45) is 5.84 Å². The Morgan fingerprint density at radius 2 is 1.85 bits per heavy atom. The van der Waals surface area contributed by atoms with Gasteiger partial charge in [-0.3, -0.25) is 11.3 Å². The van der Waals surface area contributed by atoms with Gasteiger partial charge in [0.25, 0.3) is 0 Å². The molecule has 1 heterocycles. The summed E-state index contributed by atoms with van der Waals surface area (Å²) in [5.41, 5.74) is 7.35. The first-order chi connectivity index (χ1) is 9.62. The molecule has 2 aromatic rings. The van der Waals surface area contributed by atoms with Crippen LogP contribution < -0.4 is 16.0 Å². The Morgan fingerprint density at radius 1 is 1.15 bits per heavy atom. The summed E-state index contributed by atoms with van der Waals surface area (Å²) in [7, 11) is 1.58. The molecule has 0 aliphatic rings. The van der Waals surface area contributed by atoms with Crippen molar-refractivity contribution >= 4 is 0 Å². The van der Waals surface area contributed by atoms with E-state index in [1.54, 1.807) is 13.2 Å². The summed E-state index contributed by atoms with van der Waals surface area (Å²) in [5, 5.41) is 0. The minimum atomic E-state index is -0.0758. The molecular weight excluding hydrogens is 252 g/mol. The fourth-order valence-electron chi connectivity index (χ4n) is 2.33. The number of nitrogens with two attached hydrogens (primary N) is 1. The van der Waals surface area contributed by atoms with Crippen molar-refractivity contribution < 1.29 is 4.74 Å². The highest BCUT2D eigenvalue weighted by atomic mass is 16.5. The predicted molar refractivity (Wildman–Crippen MR) is 78.3 cm³/mol. The lowest BCUT2D eigenvalue weighted by Crippen LogP contribution is -2.30. The molecule has 1 aromatic heterocycles. The van der Waals surface area contributed by atoms with Gasteiger partial charge in [0, 0.05) is 6.07 Å². The van der Waals surface area contributed by atoms with E-state index >= 15 is 0 Å². The molecule has 1 unspecified atom stereocenters. The Hall–Kier alpha value is -1.98. The largest absolute Gasteiger partial charge is 0.481 e. The lowest BCUT2D eigenvalue weighted by Gasteiger charge is -2.16. The molecule has 5 nitrogen and oxygen atoms in total. The fraction of sp³-hybridized carbons (Fsp3) is 0.333. The quantitative estimate of drug-likeness (QED) is 0.642. The number of methoxy groups -OCH3 is 1. The van der Waals surface area contributed by atoms with Crippen molar-refractivity contribution in [2.45, 2.75) is 26.3 Å². The van der Waals surface area contributed by atoms with E-state index in [0.717, 1.165) is 12.1 Å². The normalized spacial score (nSPS) is 12.2. The van der Waals surface area contributed by atoms with Crippen LogP contribution in [0.3, 0.4) is 0 Å². The average molecular weight is 272 g/mol. The molecule has 0 aliphatic carbocycles. The van der Waals surface area contributed by atoms with Gasteiger partial charge < -0.3 is 4.74 Å². The summed E-state index contributed by atoms with van der Waals surface area (Å²) in [6.07, 6.45) is 2.25. The highest BCUT2D eigenvalue weighted by Gasteiger charge is 2.13. The molecule has 0 aliphatic heterocycles. The number of benzene rings is 1. The molecule has 0 fully saturated rings. The zero-order chi connectivity index (χ0) is 14.5. The van der Waals surface area contributed by atoms with E-state index in [1.807, 2.05) is 0 Å². The van der Waals surface area contributed by atoms with Gasteiger partial charge in [-0.25, -0.2) is 9.97 Å². The highest BCUT2D eigenvalue weighted by Crippen LogP contribution is 2.20. The summed E-state index contributed by atoms with van der Waals surface area (Å²) < 4.78 is 5.12. The number of ether oxygens (including phenoxy) is 1. The van der Waals surface area contributed by atoms with E-state index < -0.39 is 0 Å². The fourth-order valence-corrected chi connectivity index (χ4v) is 2.33. The lowest BCUT2D eigenvalue weighted by atomic mass is 10.00. The third kappa shape index (κ3) is 3.53. The minimum absolute atomic E-state index is 0.0758. The van der Waals surface area contributed by atoms with E-state index in [2.05, 4.69) is 47.4 Å². The average Bonchev–Trinajstić information content (AvgIpc) is 2.44. The Kier molecular flexibility index (Phi) is 4.65. The third-order valence-electron chi connectivity index (χ3n) is 3.15. The van der Waals surface area contributed by atoms with Gasteiger partial charge in [-0.15, -0.1) is 0 Å². The van der Waals surface area contributed by atoms with Gasteiger partial charge in [0.2, 0.25) is 5.88 Å². The molecule has 106 valence electrons. The number of aryl methyl sites for hydroxylation is 2. The van der Waals surface area contributed by atoms with Crippen LogP contribution in [0.2, 0.25) is 0 Å². The van der Waals surface area contributed by atoms with E-state index in [4.69, 9.17) is 10.6 Å². The minimum Gasteiger partial charge on any atom is -0.481 e. The number of hydrogen-bond donors (Lipinski definition) is 2. The first-order valence-electron chi connectivity index (χ1n) is 6.51. The number of nitrogens with one attached hydrogen (secondary N) is 1. The molecular formula is C15H20N4O. The number of aromatic nitrogens is 2. The molecule has 0 spiro atoms. The van der Waals surface area contributed by atoms with E-state index in [1.165, 1.54) is 23.0 Å². The third-order valence-corrected chi connectivity index (χ3v) is 3.15. The number of nitrogens with zero attached hydrogens (tertiary/aromatic N) is 2. The Morgan fingerprint density at radius 3 is 2.45 bits per heavy atom. The van der Waals surface area contributed by atoms with Crippen LogP contribution in [0.5, 0.6) is 5.88 Å². The van der Waals surface area contributed by atoms with Crippen LogP contribution in [-0.4, -0.2) is 17.1 Å². The molecule has 5 heteroatoms. The van der Waals surface area contributed by atoms with E-state index in [-0.39, 0.29) is 6.04 Å². The van der Waals surface area contributed by atoms with Gasteiger partial charge in [0.15, 0.2) is 0 Å². The molecule has 1 aromatic carbocycles. The number of hydrogen-bond acceptors (Lipinski definition) is 5. The zero-order valence-corrected chi connectivity index (χ0v) is 12.1. The molecule has 2 rings (SSSR count). The van der Waals surface area contributed by atoms with Crippen molar-refractivity contribution in [2.75, 3.05) is 7.11 Å². The number of rotatable bonds is 5. The summed E-state index contributed by atoms with van der Waals surface area (Å²) in [6.45, 7) is 4.18. The molecule has 3 N–H and O–H groups in total. The summed E-state index contributed by atoms with van der Waals surface area (Å²) in [6, 6.07) is 8.20. The van der Waals surface area contributed by atoms with Crippen LogP contribution >= 0.6 is 0 Å². The second-order valence-corrected chi connectivity index (χ2v) is 4.90. The van der Waals surface area contributed by atoms with Crippen molar-refractivity contribution in [1.82, 2.24) is 15.4 Å². The lowest BCUT2D eigenvalue weighted by molar-refractivity contribution is 0.393. The van der Waals surface area contributed by atoms with Gasteiger partial charge in [0.05, 0.1) is 18.8 Å². The Labute approximate surface area is 119 Å². The smallest absolute Gasteiger partial charge is 0.216 e. The van der Waals surface area contributed by atoms with Gasteiger partial charge in [0.1, 0.15) is 6.33 Å². The topological polar surface area (TPSA) is 73.1 Å². The maximum Gasteiger partial charge on any atom is 0.216 e. The van der Waals surface area contributed by atoms with E-state index in [9.17, 15) is 0 Å². The van der Waals surface area contributed by atoms with Gasteiger partial charge >= 0.3 is 0 Å². The summed E-state index contributed by atoms with van der Waals surface area (Å²) in [5.74, 6) is 6.21. The first kappa shape index (κ1) is 14.4. The van der Waals surface area contributed by atoms with Crippen molar-refractivity contribution in [1.29, 1.82) is 0 Å². The maximum atomic E-state index is 5.67. The second-order valence-electron chi connectivity index (χ2n) is 4.90. The Bertz CT molecular complexity index is 566. The molecule has 0 radical (unpaired) electrons. The molecule has 20 heavy (non-hydrogen) atoms. The van der Waals surface area contributed by atoms with Crippen LogP contribution in [-0.2, 0) is 6.42 Å². The van der Waals surface area contributed by atoms with Gasteiger partial charge in [-0.05, 0) is 25.8 Å². The summed E-state index contributed by atoms with van der Waals surface area (Å²) in [4.78, 5) is 8.27. The van der Waals surface area contributed by atoms with Gasteiger partial charge in [-0.2, -0.15) is 0 Å². The molecule has 1 atom stereocenters. The van der Waals surface area contributed by atoms with Crippen LogP contribution in [0.4, 0.5) is 0 Å². The van der Waals surface area contributed by atoms with Crippen molar-refractivity contribution in [3.63, 3.8) is 0 Å². The SMILES string of the molecule is COc1cc(C(Cc2cc(C)cc(C)c2)NN)ncn1. The molecule has 0 saturated carbocycles. The van der Waals surface area contributed by atoms with Crippen molar-refractivity contribution in [3.05, 3.63) is 53.0 Å². The zero-order valence-electron chi connectivity index (χ0n) is 12.1. The molecule has 0 amide bonds. The maximum absolute atomic E-state index is 5.67. The molecule has 0 bridgehead atoms. The standard InChI is InChI=1S/C15H20N4O/c1-10-4-11(2)6-12(5-10)7-14(19-16)13-8-15(20-3)18-9-17-13/h4-6,8-9,14,19H,7,16H2,1-3H3. The van der Waals surface area contributed by atoms with Crippen molar-refractivity contribution in [3.8, 4) is 5.88 Å². The molecule has 0 saturated heterocycles. The van der Waals surface area contributed by atoms with E-state index in [0.29, 0.717) is 5.88 Å². The second kappa shape index (κ2) is 6.45. The van der Waals surface area contributed by atoms with Crippen LogP contribution in [0.15, 0.2) is 30.6 Å². The summed E-state index contributed by atoms with van der Waals surface area (Å²) >= 11 is 0.